The van der Waals surface area contributed by atoms with Gasteiger partial charge in [0.15, 0.2) is 0 Å². The largest absolute Gasteiger partial charge is 0.463 e. The molecule has 0 radical (unpaired) electrons. The molecule has 0 fully saturated rings. The molecule has 0 unspecified atom stereocenters. The summed E-state index contributed by atoms with van der Waals surface area (Å²) in [6.07, 6.45) is -5.41. The Hall–Kier alpha value is -2.44. The molecule has 3 atom stereocenters. The topological polar surface area (TPSA) is 108 Å². The van der Waals surface area contributed by atoms with E-state index in [-0.39, 0.29) is 6.61 Å². The van der Waals surface area contributed by atoms with Gasteiger partial charge in [-0.3, -0.25) is 9.59 Å². The molecule has 12 heteroatoms. The van der Waals surface area contributed by atoms with E-state index < -0.39 is 57.0 Å². The molecule has 0 saturated carbocycles. The fraction of sp³-hybridized carbons (Fsp3) is 0.412. The molecule has 1 N–H and O–H groups in total. The summed E-state index contributed by atoms with van der Waals surface area (Å²) in [5, 5.41) is 0. The van der Waals surface area contributed by atoms with Gasteiger partial charge >= 0.3 is 18.1 Å². The van der Waals surface area contributed by atoms with Crippen molar-refractivity contribution in [2.45, 2.75) is 43.4 Å². The molecule has 1 aromatic carbocycles. The normalized spacial score (nSPS) is 22.2. The van der Waals surface area contributed by atoms with E-state index in [4.69, 9.17) is 14.2 Å². The Labute approximate surface area is 164 Å². The lowest BCUT2D eigenvalue weighted by Gasteiger charge is -2.31. The molecular weight excluding hydrogens is 419 g/mol. The van der Waals surface area contributed by atoms with E-state index in [1.807, 2.05) is 0 Å². The van der Waals surface area contributed by atoms with E-state index >= 15 is 0 Å². The number of ether oxygens (including phenoxy) is 3. The van der Waals surface area contributed by atoms with Crippen LogP contribution in [0.5, 0.6) is 0 Å². The predicted molar refractivity (Wildman–Crippen MR) is 91.8 cm³/mol. The van der Waals surface area contributed by atoms with E-state index in [2.05, 4.69) is 4.72 Å². The first-order chi connectivity index (χ1) is 13.4. The van der Waals surface area contributed by atoms with Crippen LogP contribution in [-0.2, 0) is 40.0 Å². The van der Waals surface area contributed by atoms with Gasteiger partial charge in [0.25, 0.3) is 0 Å². The van der Waals surface area contributed by atoms with Crippen molar-refractivity contribution in [3.63, 3.8) is 0 Å². The van der Waals surface area contributed by atoms with Gasteiger partial charge in [0.2, 0.25) is 10.0 Å². The van der Waals surface area contributed by atoms with Gasteiger partial charge in [0, 0.05) is 13.8 Å². The number of carbonyl (C=O) groups is 2. The standard InChI is InChI=1S/C17H18F3NO7S/c1-10(22)26-9-15-14(27-11(2)23)6-7-16(28-15)21-29(24,25)13-5-3-4-12(8-13)17(18,19)20/h3-8,14-16,21H,9H2,1-2H3/t14-,15+,16-/m0/s1. The molecule has 0 bridgehead atoms. The molecule has 29 heavy (non-hydrogen) atoms. The lowest BCUT2D eigenvalue weighted by atomic mass is 10.1. The van der Waals surface area contributed by atoms with Crippen LogP contribution in [0.25, 0.3) is 0 Å². The highest BCUT2D eigenvalue weighted by Gasteiger charge is 2.34. The number of carbonyl (C=O) groups excluding carboxylic acids is 2. The second-order valence-electron chi connectivity index (χ2n) is 6.00. The van der Waals surface area contributed by atoms with Crippen LogP contribution in [0.15, 0.2) is 41.3 Å². The third-order valence-electron chi connectivity index (χ3n) is 3.66. The Bertz CT molecular complexity index is 899. The summed E-state index contributed by atoms with van der Waals surface area (Å²) in [5.41, 5.74) is -1.12. The molecular formula is C17H18F3NO7S. The minimum Gasteiger partial charge on any atom is -0.463 e. The van der Waals surface area contributed by atoms with Gasteiger partial charge in [-0.05, 0) is 30.4 Å². The highest BCUT2D eigenvalue weighted by molar-refractivity contribution is 7.89. The Morgan fingerprint density at radius 2 is 1.86 bits per heavy atom. The van der Waals surface area contributed by atoms with Crippen molar-refractivity contribution < 1.29 is 45.4 Å². The van der Waals surface area contributed by atoms with Gasteiger partial charge in [-0.2, -0.15) is 17.9 Å². The smallest absolute Gasteiger partial charge is 0.416 e. The van der Waals surface area contributed by atoms with Crippen LogP contribution in [0.1, 0.15) is 19.4 Å². The predicted octanol–water partition coefficient (Wildman–Crippen LogP) is 1.76. The zero-order valence-corrected chi connectivity index (χ0v) is 16.1. The zero-order valence-electron chi connectivity index (χ0n) is 15.3. The number of rotatable bonds is 6. The van der Waals surface area contributed by atoms with Gasteiger partial charge in [-0.1, -0.05) is 6.07 Å². The summed E-state index contributed by atoms with van der Waals surface area (Å²) in [6.45, 7) is 1.96. The fourth-order valence-electron chi connectivity index (χ4n) is 2.41. The summed E-state index contributed by atoms with van der Waals surface area (Å²) < 4.78 is 80.8. The minimum absolute atomic E-state index is 0.334. The fourth-order valence-corrected chi connectivity index (χ4v) is 3.53. The lowest BCUT2D eigenvalue weighted by molar-refractivity contribution is -0.163. The number of halogens is 3. The summed E-state index contributed by atoms with van der Waals surface area (Å²) in [5.74, 6) is -1.27. The van der Waals surface area contributed by atoms with Crippen LogP contribution < -0.4 is 4.72 Å². The second kappa shape index (κ2) is 8.93. The van der Waals surface area contributed by atoms with E-state index in [1.54, 1.807) is 0 Å². The first-order valence-corrected chi connectivity index (χ1v) is 9.71. The number of hydrogen-bond acceptors (Lipinski definition) is 7. The second-order valence-corrected chi connectivity index (χ2v) is 7.72. The van der Waals surface area contributed by atoms with Crippen molar-refractivity contribution in [1.82, 2.24) is 4.72 Å². The molecule has 0 saturated heterocycles. The molecule has 2 rings (SSSR count). The third-order valence-corrected chi connectivity index (χ3v) is 5.08. The Balaban J connectivity index is 2.19. The van der Waals surface area contributed by atoms with Gasteiger partial charge in [0.05, 0.1) is 10.5 Å². The van der Waals surface area contributed by atoms with Crippen molar-refractivity contribution in [1.29, 1.82) is 0 Å². The monoisotopic (exact) mass is 437 g/mol. The van der Waals surface area contributed by atoms with Gasteiger partial charge < -0.3 is 14.2 Å². The number of sulfonamides is 1. The van der Waals surface area contributed by atoms with Crippen molar-refractivity contribution in [2.24, 2.45) is 0 Å². The molecule has 0 aliphatic carbocycles. The molecule has 160 valence electrons. The van der Waals surface area contributed by atoms with Crippen molar-refractivity contribution >= 4 is 22.0 Å². The molecule has 1 aromatic rings. The molecule has 1 heterocycles. The first kappa shape index (κ1) is 22.8. The molecule has 8 nitrogen and oxygen atoms in total. The number of benzene rings is 1. The highest BCUT2D eigenvalue weighted by Crippen LogP contribution is 2.30. The zero-order chi connectivity index (χ0) is 21.8. The molecule has 0 spiro atoms. The van der Waals surface area contributed by atoms with Crippen LogP contribution in [0.2, 0.25) is 0 Å². The maximum absolute atomic E-state index is 12.8. The third kappa shape index (κ3) is 6.54. The van der Waals surface area contributed by atoms with Crippen molar-refractivity contribution in [3.05, 3.63) is 42.0 Å². The first-order valence-electron chi connectivity index (χ1n) is 8.22. The number of esters is 2. The van der Waals surface area contributed by atoms with Gasteiger partial charge in [-0.15, -0.1) is 0 Å². The van der Waals surface area contributed by atoms with Crippen molar-refractivity contribution in [2.75, 3.05) is 6.61 Å². The molecule has 0 amide bonds. The van der Waals surface area contributed by atoms with Gasteiger partial charge in [-0.25, -0.2) is 8.42 Å². The number of alkyl halides is 3. The van der Waals surface area contributed by atoms with Crippen molar-refractivity contribution in [3.8, 4) is 0 Å². The minimum atomic E-state index is -4.71. The van der Waals surface area contributed by atoms with E-state index in [9.17, 15) is 31.2 Å². The summed E-state index contributed by atoms with van der Waals surface area (Å²) in [6, 6.07) is 3.21. The van der Waals surface area contributed by atoms with Crippen LogP contribution in [0.4, 0.5) is 13.2 Å². The van der Waals surface area contributed by atoms with Crippen LogP contribution >= 0.6 is 0 Å². The maximum atomic E-state index is 12.8. The number of nitrogens with one attached hydrogen (secondary N) is 1. The Morgan fingerprint density at radius 3 is 2.45 bits per heavy atom. The van der Waals surface area contributed by atoms with Crippen LogP contribution in [0, 0.1) is 0 Å². The van der Waals surface area contributed by atoms with Crippen LogP contribution in [-0.4, -0.2) is 45.4 Å². The summed E-state index contributed by atoms with van der Waals surface area (Å²) >= 11 is 0. The number of hydrogen-bond donors (Lipinski definition) is 1. The van der Waals surface area contributed by atoms with E-state index in [0.717, 1.165) is 32.0 Å². The van der Waals surface area contributed by atoms with E-state index in [1.165, 1.54) is 12.2 Å². The average Bonchev–Trinajstić information content (AvgIpc) is 2.60. The van der Waals surface area contributed by atoms with Crippen LogP contribution in [0.3, 0.4) is 0 Å². The lowest BCUT2D eigenvalue weighted by Crippen LogP contribution is -2.47. The quantitative estimate of drug-likeness (QED) is 0.534. The SMILES string of the molecule is CC(=O)OC[C@H]1O[C@H](NS(=O)(=O)c2cccc(C(F)(F)F)c2)C=C[C@@H]1OC(C)=O. The average molecular weight is 437 g/mol. The molecule has 1 aliphatic heterocycles. The van der Waals surface area contributed by atoms with Gasteiger partial charge in [0.1, 0.15) is 25.0 Å². The Morgan fingerprint density at radius 1 is 1.17 bits per heavy atom. The maximum Gasteiger partial charge on any atom is 0.416 e. The molecule has 1 aliphatic rings. The summed E-state index contributed by atoms with van der Waals surface area (Å²) in [7, 11) is -4.38. The Kier molecular flexibility index (Phi) is 7.03. The van der Waals surface area contributed by atoms with E-state index in [0.29, 0.717) is 6.07 Å². The summed E-state index contributed by atoms with van der Waals surface area (Å²) in [4.78, 5) is 21.6. The highest BCUT2D eigenvalue weighted by atomic mass is 32.2. The molecule has 0 aromatic heterocycles.